The standard InChI is InChI=1S/C15H21N3O2/c19-13(20)7-12-8-16-10-18-14(12)17-9-15-4-1-11(2-5-15)3-6-15/h8,10-11H,1-7,9H2,(H,19,20)(H,16,17,18). The SMILES string of the molecule is O=C(O)Cc1cncnc1NCC12CCC(CC1)CC2. The summed E-state index contributed by atoms with van der Waals surface area (Å²) < 4.78 is 0. The second kappa shape index (κ2) is 5.38. The zero-order chi connectivity index (χ0) is 14.0. The van der Waals surface area contributed by atoms with Crippen molar-refractivity contribution in [2.24, 2.45) is 11.3 Å². The molecule has 2 N–H and O–H groups in total. The third kappa shape index (κ3) is 2.76. The first-order valence-electron chi connectivity index (χ1n) is 7.41. The summed E-state index contributed by atoms with van der Waals surface area (Å²) in [5.74, 6) is 0.794. The molecule has 1 aromatic heterocycles. The fourth-order valence-electron chi connectivity index (χ4n) is 3.69. The summed E-state index contributed by atoms with van der Waals surface area (Å²) in [7, 11) is 0. The first-order valence-corrected chi connectivity index (χ1v) is 7.41. The van der Waals surface area contributed by atoms with Crippen molar-refractivity contribution in [3.8, 4) is 0 Å². The van der Waals surface area contributed by atoms with Crippen LogP contribution in [-0.4, -0.2) is 27.6 Å². The molecular weight excluding hydrogens is 254 g/mol. The number of hydrogen-bond acceptors (Lipinski definition) is 4. The van der Waals surface area contributed by atoms with E-state index in [2.05, 4.69) is 15.3 Å². The molecule has 0 unspecified atom stereocenters. The monoisotopic (exact) mass is 275 g/mol. The van der Waals surface area contributed by atoms with Crippen molar-refractivity contribution in [2.75, 3.05) is 11.9 Å². The Labute approximate surface area is 118 Å². The highest BCUT2D eigenvalue weighted by Crippen LogP contribution is 2.50. The van der Waals surface area contributed by atoms with Gasteiger partial charge in [-0.05, 0) is 49.9 Å². The summed E-state index contributed by atoms with van der Waals surface area (Å²) in [5, 5.41) is 12.3. The lowest BCUT2D eigenvalue weighted by molar-refractivity contribution is -0.136. The van der Waals surface area contributed by atoms with Gasteiger partial charge in [-0.1, -0.05) is 0 Å². The van der Waals surface area contributed by atoms with Crippen molar-refractivity contribution in [2.45, 2.75) is 44.9 Å². The maximum atomic E-state index is 10.9. The van der Waals surface area contributed by atoms with Gasteiger partial charge in [0.15, 0.2) is 0 Å². The molecule has 0 atom stereocenters. The molecule has 20 heavy (non-hydrogen) atoms. The Kier molecular flexibility index (Phi) is 3.59. The van der Waals surface area contributed by atoms with E-state index < -0.39 is 5.97 Å². The summed E-state index contributed by atoms with van der Waals surface area (Å²) >= 11 is 0. The van der Waals surface area contributed by atoms with Crippen LogP contribution in [0.15, 0.2) is 12.5 Å². The van der Waals surface area contributed by atoms with Gasteiger partial charge in [0.1, 0.15) is 12.1 Å². The summed E-state index contributed by atoms with van der Waals surface area (Å²) in [6, 6.07) is 0. The minimum absolute atomic E-state index is 0.0295. The first kappa shape index (κ1) is 13.3. The van der Waals surface area contributed by atoms with Gasteiger partial charge in [-0.3, -0.25) is 4.79 Å². The number of carboxylic acid groups (broad SMARTS) is 1. The Morgan fingerprint density at radius 3 is 2.70 bits per heavy atom. The van der Waals surface area contributed by atoms with Crippen LogP contribution in [0.4, 0.5) is 5.82 Å². The molecule has 1 heterocycles. The average molecular weight is 275 g/mol. The van der Waals surface area contributed by atoms with Crippen LogP contribution in [-0.2, 0) is 11.2 Å². The Balaban J connectivity index is 1.67. The van der Waals surface area contributed by atoms with Gasteiger partial charge in [-0.15, -0.1) is 0 Å². The molecule has 108 valence electrons. The predicted octanol–water partition coefficient (Wildman–Crippen LogP) is 2.49. The molecule has 0 aromatic carbocycles. The van der Waals surface area contributed by atoms with Gasteiger partial charge in [0.2, 0.25) is 0 Å². The van der Waals surface area contributed by atoms with E-state index >= 15 is 0 Å². The van der Waals surface area contributed by atoms with Crippen molar-refractivity contribution in [1.82, 2.24) is 9.97 Å². The molecule has 1 aromatic rings. The minimum atomic E-state index is -0.848. The molecule has 5 nitrogen and oxygen atoms in total. The molecule has 0 radical (unpaired) electrons. The van der Waals surface area contributed by atoms with E-state index in [0.717, 1.165) is 12.5 Å². The molecule has 0 spiro atoms. The van der Waals surface area contributed by atoms with E-state index in [4.69, 9.17) is 5.11 Å². The first-order chi connectivity index (χ1) is 9.67. The average Bonchev–Trinajstić information content (AvgIpc) is 2.48. The van der Waals surface area contributed by atoms with Gasteiger partial charge in [0, 0.05) is 18.3 Å². The van der Waals surface area contributed by atoms with Crippen molar-refractivity contribution in [3.05, 3.63) is 18.1 Å². The molecule has 3 aliphatic carbocycles. The summed E-state index contributed by atoms with van der Waals surface area (Å²) in [4.78, 5) is 19.0. The topological polar surface area (TPSA) is 75.1 Å². The molecule has 0 aliphatic heterocycles. The van der Waals surface area contributed by atoms with Gasteiger partial charge < -0.3 is 10.4 Å². The number of aromatic nitrogens is 2. The van der Waals surface area contributed by atoms with Crippen LogP contribution in [0.3, 0.4) is 0 Å². The van der Waals surface area contributed by atoms with E-state index in [9.17, 15) is 4.79 Å². The Morgan fingerprint density at radius 2 is 2.05 bits per heavy atom. The Morgan fingerprint density at radius 1 is 1.35 bits per heavy atom. The number of carbonyl (C=O) groups is 1. The number of hydrogen-bond donors (Lipinski definition) is 2. The third-order valence-electron chi connectivity index (χ3n) is 5.01. The van der Waals surface area contributed by atoms with E-state index in [0.29, 0.717) is 16.8 Å². The second-order valence-electron chi connectivity index (χ2n) is 6.30. The lowest BCUT2D eigenvalue weighted by Crippen LogP contribution is -2.39. The Bertz CT molecular complexity index is 482. The van der Waals surface area contributed by atoms with Gasteiger partial charge in [-0.25, -0.2) is 9.97 Å². The fourth-order valence-corrected chi connectivity index (χ4v) is 3.69. The van der Waals surface area contributed by atoms with Gasteiger partial charge in [0.25, 0.3) is 0 Å². The number of fused-ring (bicyclic) bond motifs is 3. The minimum Gasteiger partial charge on any atom is -0.481 e. The molecule has 4 rings (SSSR count). The van der Waals surface area contributed by atoms with Crippen LogP contribution in [0.2, 0.25) is 0 Å². The quantitative estimate of drug-likeness (QED) is 0.863. The van der Waals surface area contributed by atoms with Crippen molar-refractivity contribution in [1.29, 1.82) is 0 Å². The number of nitrogens with one attached hydrogen (secondary N) is 1. The summed E-state index contributed by atoms with van der Waals surface area (Å²) in [5.41, 5.74) is 1.07. The van der Waals surface area contributed by atoms with Crippen LogP contribution < -0.4 is 5.32 Å². The number of anilines is 1. The Hall–Kier alpha value is -1.65. The maximum absolute atomic E-state index is 10.9. The molecule has 2 bridgehead atoms. The van der Waals surface area contributed by atoms with E-state index in [-0.39, 0.29) is 6.42 Å². The van der Waals surface area contributed by atoms with Crippen LogP contribution >= 0.6 is 0 Å². The highest BCUT2D eigenvalue weighted by atomic mass is 16.4. The molecule has 3 aliphatic rings. The second-order valence-corrected chi connectivity index (χ2v) is 6.30. The molecular formula is C15H21N3O2. The molecule has 0 saturated heterocycles. The lowest BCUT2D eigenvalue weighted by Gasteiger charge is -2.46. The van der Waals surface area contributed by atoms with Gasteiger partial charge in [0.05, 0.1) is 6.42 Å². The van der Waals surface area contributed by atoms with Crippen LogP contribution in [0.25, 0.3) is 0 Å². The van der Waals surface area contributed by atoms with Gasteiger partial charge >= 0.3 is 5.97 Å². The highest BCUT2D eigenvalue weighted by Gasteiger charge is 2.40. The lowest BCUT2D eigenvalue weighted by atomic mass is 9.61. The third-order valence-corrected chi connectivity index (χ3v) is 5.01. The van der Waals surface area contributed by atoms with Crippen molar-refractivity contribution < 1.29 is 9.90 Å². The molecule has 5 heteroatoms. The molecule has 0 amide bonds. The van der Waals surface area contributed by atoms with E-state index in [1.54, 1.807) is 6.20 Å². The van der Waals surface area contributed by atoms with Crippen molar-refractivity contribution in [3.63, 3.8) is 0 Å². The highest BCUT2D eigenvalue weighted by molar-refractivity contribution is 5.72. The normalized spacial score (nSPS) is 28.3. The number of nitrogens with zero attached hydrogens (tertiary/aromatic N) is 2. The van der Waals surface area contributed by atoms with Crippen LogP contribution in [0.5, 0.6) is 0 Å². The number of aliphatic carboxylic acids is 1. The van der Waals surface area contributed by atoms with Crippen LogP contribution in [0.1, 0.15) is 44.1 Å². The smallest absolute Gasteiger partial charge is 0.308 e. The predicted molar refractivity (Wildman–Crippen MR) is 75.5 cm³/mol. The zero-order valence-corrected chi connectivity index (χ0v) is 11.6. The van der Waals surface area contributed by atoms with E-state index in [1.165, 1.54) is 44.9 Å². The fraction of sp³-hybridized carbons (Fsp3) is 0.667. The number of rotatable bonds is 5. The van der Waals surface area contributed by atoms with Crippen LogP contribution in [0, 0.1) is 11.3 Å². The number of carboxylic acids is 1. The largest absolute Gasteiger partial charge is 0.481 e. The summed E-state index contributed by atoms with van der Waals surface area (Å²) in [6.07, 6.45) is 11.0. The molecule has 3 saturated carbocycles. The maximum Gasteiger partial charge on any atom is 0.308 e. The van der Waals surface area contributed by atoms with Crippen molar-refractivity contribution >= 4 is 11.8 Å². The van der Waals surface area contributed by atoms with E-state index in [1.807, 2.05) is 0 Å². The zero-order valence-electron chi connectivity index (χ0n) is 11.6. The summed E-state index contributed by atoms with van der Waals surface area (Å²) in [6.45, 7) is 0.906. The molecule has 3 fully saturated rings. The van der Waals surface area contributed by atoms with Gasteiger partial charge in [-0.2, -0.15) is 0 Å².